The van der Waals surface area contributed by atoms with Crippen molar-refractivity contribution in [1.29, 1.82) is 0 Å². The summed E-state index contributed by atoms with van der Waals surface area (Å²) in [5.41, 5.74) is 2.22. The Morgan fingerprint density at radius 3 is 2.62 bits per heavy atom. The number of nitrogens with zero attached hydrogens (tertiary/aromatic N) is 4. The number of para-hydroxylation sites is 1. The van der Waals surface area contributed by atoms with E-state index < -0.39 is 0 Å². The van der Waals surface area contributed by atoms with Crippen LogP contribution >= 0.6 is 0 Å². The summed E-state index contributed by atoms with van der Waals surface area (Å²) in [6.07, 6.45) is 3.27. The van der Waals surface area contributed by atoms with E-state index in [1.807, 2.05) is 37.3 Å². The van der Waals surface area contributed by atoms with Crippen LogP contribution in [0.1, 0.15) is 29.9 Å². The van der Waals surface area contributed by atoms with Gasteiger partial charge in [-0.15, -0.1) is 0 Å². The Hall–Kier alpha value is -2.76. The minimum Gasteiger partial charge on any atom is -0.347 e. The summed E-state index contributed by atoms with van der Waals surface area (Å²) in [5, 5.41) is 12.3. The van der Waals surface area contributed by atoms with E-state index in [2.05, 4.69) is 34.3 Å². The van der Waals surface area contributed by atoms with Gasteiger partial charge in [0.05, 0.1) is 36.1 Å². The molecule has 0 saturated carbocycles. The van der Waals surface area contributed by atoms with Crippen molar-refractivity contribution < 1.29 is 4.79 Å². The van der Waals surface area contributed by atoms with Crippen molar-refractivity contribution in [2.24, 2.45) is 5.92 Å². The summed E-state index contributed by atoms with van der Waals surface area (Å²) in [7, 11) is 0. The minimum absolute atomic E-state index is 0.0648. The maximum Gasteiger partial charge on any atom is 0.253 e. The number of aromatic nitrogens is 4. The van der Waals surface area contributed by atoms with E-state index in [1.165, 1.54) is 0 Å². The molecule has 124 valence electrons. The number of amides is 1. The Kier molecular flexibility index (Phi) is 4.55. The number of aryl methyl sites for hydroxylation is 1. The number of hydrogen-bond acceptors (Lipinski definition) is 4. The van der Waals surface area contributed by atoms with Crippen molar-refractivity contribution >= 4 is 16.8 Å². The van der Waals surface area contributed by atoms with Crippen LogP contribution in [0.5, 0.6) is 0 Å². The van der Waals surface area contributed by atoms with E-state index >= 15 is 0 Å². The summed E-state index contributed by atoms with van der Waals surface area (Å²) < 4.78 is 0. The summed E-state index contributed by atoms with van der Waals surface area (Å²) in [6.45, 7) is 6.60. The van der Waals surface area contributed by atoms with Gasteiger partial charge in [-0.3, -0.25) is 9.78 Å². The zero-order valence-electron chi connectivity index (χ0n) is 14.1. The van der Waals surface area contributed by atoms with Crippen molar-refractivity contribution in [3.63, 3.8) is 0 Å². The van der Waals surface area contributed by atoms with Crippen molar-refractivity contribution in [3.8, 4) is 0 Å². The van der Waals surface area contributed by atoms with E-state index in [4.69, 9.17) is 0 Å². The number of carbonyl (C=O) groups is 1. The zero-order chi connectivity index (χ0) is 17.1. The Bertz CT molecular complexity index is 842. The quantitative estimate of drug-likeness (QED) is 0.783. The molecule has 1 aromatic carbocycles. The molecule has 1 atom stereocenters. The van der Waals surface area contributed by atoms with Crippen molar-refractivity contribution in [2.45, 2.75) is 33.4 Å². The highest BCUT2D eigenvalue weighted by atomic mass is 16.1. The van der Waals surface area contributed by atoms with Crippen molar-refractivity contribution in [2.75, 3.05) is 0 Å². The predicted octanol–water partition coefficient (Wildman–Crippen LogP) is 2.59. The van der Waals surface area contributed by atoms with Gasteiger partial charge >= 0.3 is 0 Å². The average molecular weight is 323 g/mol. The molecule has 0 saturated heterocycles. The molecule has 3 rings (SSSR count). The van der Waals surface area contributed by atoms with Gasteiger partial charge in [-0.05, 0) is 25.0 Å². The molecule has 0 aliphatic carbocycles. The maximum atomic E-state index is 12.8. The van der Waals surface area contributed by atoms with E-state index in [0.717, 1.165) is 16.6 Å². The zero-order valence-corrected chi connectivity index (χ0v) is 14.1. The standard InChI is InChI=1S/C18H21N5O/c1-12(2)16(11-23-19-9-10-20-23)22-18(24)15-6-4-5-14-8-7-13(3)21-17(14)15/h4-10,12,16H,11H2,1-3H3,(H,22,24). The van der Waals surface area contributed by atoms with Crippen LogP contribution in [0, 0.1) is 12.8 Å². The molecule has 6 nitrogen and oxygen atoms in total. The maximum absolute atomic E-state index is 12.8. The Labute approximate surface area is 140 Å². The molecule has 24 heavy (non-hydrogen) atoms. The smallest absolute Gasteiger partial charge is 0.253 e. The number of pyridine rings is 1. The predicted molar refractivity (Wildman–Crippen MR) is 92.6 cm³/mol. The number of rotatable bonds is 5. The topological polar surface area (TPSA) is 72.7 Å². The molecule has 6 heteroatoms. The largest absolute Gasteiger partial charge is 0.347 e. The molecule has 1 unspecified atom stereocenters. The van der Waals surface area contributed by atoms with Gasteiger partial charge in [-0.2, -0.15) is 15.0 Å². The van der Waals surface area contributed by atoms with Crippen LogP contribution in [-0.4, -0.2) is 31.9 Å². The molecule has 3 aromatic rings. The fourth-order valence-corrected chi connectivity index (χ4v) is 2.61. The number of nitrogens with one attached hydrogen (secondary N) is 1. The lowest BCUT2D eigenvalue weighted by Gasteiger charge is -2.22. The van der Waals surface area contributed by atoms with Crippen LogP contribution in [0.2, 0.25) is 0 Å². The molecule has 2 aromatic heterocycles. The molecule has 0 radical (unpaired) electrons. The number of fused-ring (bicyclic) bond motifs is 1. The van der Waals surface area contributed by atoms with Gasteiger partial charge in [-0.1, -0.05) is 32.0 Å². The lowest BCUT2D eigenvalue weighted by Crippen LogP contribution is -2.42. The van der Waals surface area contributed by atoms with Gasteiger partial charge in [0.15, 0.2) is 0 Å². The third-order valence-electron chi connectivity index (χ3n) is 4.05. The molecular weight excluding hydrogens is 302 g/mol. The molecule has 0 aliphatic rings. The van der Waals surface area contributed by atoms with E-state index in [-0.39, 0.29) is 17.9 Å². The first-order chi connectivity index (χ1) is 11.5. The minimum atomic E-state index is -0.121. The van der Waals surface area contributed by atoms with Gasteiger partial charge in [-0.25, -0.2) is 0 Å². The summed E-state index contributed by atoms with van der Waals surface area (Å²) in [5.74, 6) is 0.133. The summed E-state index contributed by atoms with van der Waals surface area (Å²) in [4.78, 5) is 18.9. The monoisotopic (exact) mass is 323 g/mol. The molecular formula is C18H21N5O. The van der Waals surface area contributed by atoms with E-state index in [1.54, 1.807) is 17.2 Å². The first-order valence-corrected chi connectivity index (χ1v) is 8.06. The third-order valence-corrected chi connectivity index (χ3v) is 4.05. The fraction of sp³-hybridized carbons (Fsp3) is 0.333. The highest BCUT2D eigenvalue weighted by Gasteiger charge is 2.20. The second-order valence-corrected chi connectivity index (χ2v) is 6.24. The highest BCUT2D eigenvalue weighted by Crippen LogP contribution is 2.18. The van der Waals surface area contributed by atoms with Gasteiger partial charge in [0.25, 0.3) is 5.91 Å². The van der Waals surface area contributed by atoms with Gasteiger partial charge in [0.2, 0.25) is 0 Å². The van der Waals surface area contributed by atoms with Gasteiger partial charge in [0, 0.05) is 11.1 Å². The highest BCUT2D eigenvalue weighted by molar-refractivity contribution is 6.05. The van der Waals surface area contributed by atoms with Crippen LogP contribution in [0.15, 0.2) is 42.7 Å². The molecule has 0 spiro atoms. The molecule has 0 bridgehead atoms. The molecule has 0 fully saturated rings. The molecule has 1 amide bonds. The Morgan fingerprint density at radius 2 is 1.92 bits per heavy atom. The Balaban J connectivity index is 1.86. The number of benzene rings is 1. The molecule has 1 N–H and O–H groups in total. The lowest BCUT2D eigenvalue weighted by molar-refractivity contribution is 0.0919. The van der Waals surface area contributed by atoms with Gasteiger partial charge in [0.1, 0.15) is 0 Å². The van der Waals surface area contributed by atoms with Crippen LogP contribution in [0.3, 0.4) is 0 Å². The second-order valence-electron chi connectivity index (χ2n) is 6.24. The summed E-state index contributed by atoms with van der Waals surface area (Å²) >= 11 is 0. The SMILES string of the molecule is Cc1ccc2cccc(C(=O)NC(Cn3nccn3)C(C)C)c2n1. The first-order valence-electron chi connectivity index (χ1n) is 8.06. The van der Waals surface area contributed by atoms with Crippen LogP contribution in [0.4, 0.5) is 0 Å². The third kappa shape index (κ3) is 3.42. The van der Waals surface area contributed by atoms with Crippen LogP contribution in [-0.2, 0) is 6.54 Å². The fourth-order valence-electron chi connectivity index (χ4n) is 2.61. The lowest BCUT2D eigenvalue weighted by atomic mass is 10.0. The van der Waals surface area contributed by atoms with Crippen LogP contribution in [0.25, 0.3) is 10.9 Å². The number of carbonyl (C=O) groups excluding carboxylic acids is 1. The van der Waals surface area contributed by atoms with E-state index in [0.29, 0.717) is 12.1 Å². The number of hydrogen-bond donors (Lipinski definition) is 1. The molecule has 2 heterocycles. The van der Waals surface area contributed by atoms with Crippen molar-refractivity contribution in [3.05, 3.63) is 54.0 Å². The first kappa shape index (κ1) is 16.1. The van der Waals surface area contributed by atoms with E-state index in [9.17, 15) is 4.79 Å². The Morgan fingerprint density at radius 1 is 1.17 bits per heavy atom. The average Bonchev–Trinajstić information content (AvgIpc) is 3.06. The van der Waals surface area contributed by atoms with Crippen LogP contribution < -0.4 is 5.32 Å². The molecule has 0 aliphatic heterocycles. The van der Waals surface area contributed by atoms with Crippen molar-refractivity contribution in [1.82, 2.24) is 25.3 Å². The second kappa shape index (κ2) is 6.78. The summed E-state index contributed by atoms with van der Waals surface area (Å²) in [6, 6.07) is 9.53. The normalized spacial score (nSPS) is 12.5. The van der Waals surface area contributed by atoms with Gasteiger partial charge < -0.3 is 5.32 Å².